The summed E-state index contributed by atoms with van der Waals surface area (Å²) < 4.78 is 5.31. The number of rotatable bonds is 1. The van der Waals surface area contributed by atoms with Gasteiger partial charge in [-0.15, -0.1) is 0 Å². The molecule has 4 nitrogen and oxygen atoms in total. The quantitative estimate of drug-likeness (QED) is 0.849. The van der Waals surface area contributed by atoms with E-state index < -0.39 is 0 Å². The molecule has 0 radical (unpaired) electrons. The Morgan fingerprint density at radius 3 is 2.78 bits per heavy atom. The predicted molar refractivity (Wildman–Crippen MR) is 71.9 cm³/mol. The number of nitrogens with one attached hydrogen (secondary N) is 1. The highest BCUT2D eigenvalue weighted by atomic mass is 35.5. The third-order valence-corrected chi connectivity index (χ3v) is 3.48. The highest BCUT2D eigenvalue weighted by molar-refractivity contribution is 6.31. The lowest BCUT2D eigenvalue weighted by molar-refractivity contribution is 0.147. The van der Waals surface area contributed by atoms with E-state index in [1.54, 1.807) is 11.0 Å². The fraction of sp³-hybridized carbons (Fsp3) is 0.462. The molecule has 0 aliphatic carbocycles. The number of hydrogen-bond acceptors (Lipinski definition) is 2. The van der Waals surface area contributed by atoms with Crippen LogP contribution in [-0.2, 0) is 4.74 Å². The number of carbonyl (C=O) groups is 1. The molecular formula is C13H17ClN2O2. The smallest absolute Gasteiger partial charge is 0.324 e. The van der Waals surface area contributed by atoms with Crippen LogP contribution in [0.4, 0.5) is 10.5 Å². The molecule has 1 aromatic rings. The summed E-state index contributed by atoms with van der Waals surface area (Å²) in [5, 5.41) is 3.47. The van der Waals surface area contributed by atoms with E-state index in [4.69, 9.17) is 16.3 Å². The molecule has 1 saturated heterocycles. The van der Waals surface area contributed by atoms with Crippen LogP contribution in [0.5, 0.6) is 0 Å². The number of urea groups is 1. The average Bonchev–Trinajstić information content (AvgIpc) is 2.63. The van der Waals surface area contributed by atoms with E-state index in [1.807, 2.05) is 32.9 Å². The zero-order valence-corrected chi connectivity index (χ0v) is 11.5. The van der Waals surface area contributed by atoms with Crippen LogP contribution in [0.15, 0.2) is 18.2 Å². The maximum absolute atomic E-state index is 12.1. The number of nitrogens with zero attached hydrogens (tertiary/aromatic N) is 1. The fourth-order valence-corrected chi connectivity index (χ4v) is 2.01. The van der Waals surface area contributed by atoms with Crippen LogP contribution < -0.4 is 5.32 Å². The third kappa shape index (κ3) is 2.60. The van der Waals surface area contributed by atoms with Crippen LogP contribution in [0, 0.1) is 6.92 Å². The molecule has 1 aromatic carbocycles. The van der Waals surface area contributed by atoms with E-state index in [2.05, 4.69) is 5.32 Å². The Bertz CT molecular complexity index is 474. The van der Waals surface area contributed by atoms with Gasteiger partial charge in [0, 0.05) is 10.7 Å². The second-order valence-electron chi connectivity index (χ2n) is 5.11. The first-order valence-electron chi connectivity index (χ1n) is 5.83. The Morgan fingerprint density at radius 1 is 1.50 bits per heavy atom. The number of anilines is 1. The Morgan fingerprint density at radius 2 is 2.22 bits per heavy atom. The van der Waals surface area contributed by atoms with Crippen LogP contribution >= 0.6 is 11.6 Å². The summed E-state index contributed by atoms with van der Waals surface area (Å²) in [6.45, 7) is 6.74. The van der Waals surface area contributed by atoms with Crippen LogP contribution in [0.3, 0.4) is 0 Å². The highest BCUT2D eigenvalue weighted by Gasteiger charge is 2.36. The summed E-state index contributed by atoms with van der Waals surface area (Å²) in [4.78, 5) is 13.8. The normalized spacial score (nSPS) is 17.9. The van der Waals surface area contributed by atoms with Crippen molar-refractivity contribution in [3.63, 3.8) is 0 Å². The lowest BCUT2D eigenvalue weighted by atomic mass is 10.1. The number of ether oxygens (including phenoxy) is 1. The number of amides is 2. The molecule has 98 valence electrons. The molecule has 2 amide bonds. The van der Waals surface area contributed by atoms with Crippen molar-refractivity contribution in [2.24, 2.45) is 0 Å². The van der Waals surface area contributed by atoms with Crippen molar-refractivity contribution in [2.75, 3.05) is 18.7 Å². The van der Waals surface area contributed by atoms with Gasteiger partial charge in [0.2, 0.25) is 0 Å². The maximum Gasteiger partial charge on any atom is 0.324 e. The predicted octanol–water partition coefficient (Wildman–Crippen LogP) is 3.25. The van der Waals surface area contributed by atoms with Crippen molar-refractivity contribution >= 4 is 23.3 Å². The van der Waals surface area contributed by atoms with Gasteiger partial charge in [-0.2, -0.15) is 0 Å². The first-order valence-corrected chi connectivity index (χ1v) is 6.20. The molecule has 1 aliphatic rings. The van der Waals surface area contributed by atoms with Crippen LogP contribution in [0.25, 0.3) is 0 Å². The van der Waals surface area contributed by atoms with Gasteiger partial charge >= 0.3 is 6.03 Å². The van der Waals surface area contributed by atoms with Crippen LogP contribution in [0.1, 0.15) is 19.4 Å². The second-order valence-corrected chi connectivity index (χ2v) is 5.52. The molecule has 0 spiro atoms. The average molecular weight is 269 g/mol. The number of aryl methyl sites for hydroxylation is 1. The standard InChI is InChI=1S/C13H17ClN2O2/c1-9-4-5-10(6-11(9)14)15-12(17)16-8-18-7-13(16,2)3/h4-6H,7-8H2,1-3H3,(H,15,17). The minimum Gasteiger partial charge on any atom is -0.359 e. The topological polar surface area (TPSA) is 41.6 Å². The summed E-state index contributed by atoms with van der Waals surface area (Å²) >= 11 is 6.02. The summed E-state index contributed by atoms with van der Waals surface area (Å²) in [6.07, 6.45) is 0. The Labute approximate surface area is 112 Å². The van der Waals surface area contributed by atoms with E-state index >= 15 is 0 Å². The van der Waals surface area contributed by atoms with Gasteiger partial charge in [-0.3, -0.25) is 4.90 Å². The Balaban J connectivity index is 2.09. The van der Waals surface area contributed by atoms with Crippen molar-refractivity contribution in [2.45, 2.75) is 26.3 Å². The van der Waals surface area contributed by atoms with Crippen molar-refractivity contribution in [1.82, 2.24) is 4.90 Å². The number of hydrogen-bond donors (Lipinski definition) is 1. The molecule has 1 aliphatic heterocycles. The molecule has 1 heterocycles. The van der Waals surface area contributed by atoms with Crippen molar-refractivity contribution < 1.29 is 9.53 Å². The minimum atomic E-state index is -0.279. The van der Waals surface area contributed by atoms with E-state index in [1.165, 1.54) is 0 Å². The minimum absolute atomic E-state index is 0.169. The highest BCUT2D eigenvalue weighted by Crippen LogP contribution is 2.24. The van der Waals surface area contributed by atoms with E-state index in [9.17, 15) is 4.79 Å². The zero-order valence-electron chi connectivity index (χ0n) is 10.8. The molecule has 0 unspecified atom stereocenters. The van der Waals surface area contributed by atoms with E-state index in [0.29, 0.717) is 24.0 Å². The first-order chi connectivity index (χ1) is 8.40. The summed E-state index contributed by atoms with van der Waals surface area (Å²) in [7, 11) is 0. The first kappa shape index (κ1) is 13.2. The third-order valence-electron chi connectivity index (χ3n) is 3.07. The molecule has 0 bridgehead atoms. The fourth-order valence-electron chi connectivity index (χ4n) is 1.83. The summed E-state index contributed by atoms with van der Waals surface area (Å²) in [5.74, 6) is 0. The lowest BCUT2D eigenvalue weighted by Gasteiger charge is -2.29. The number of halogens is 1. The summed E-state index contributed by atoms with van der Waals surface area (Å²) in [5.41, 5.74) is 1.40. The molecule has 0 aromatic heterocycles. The van der Waals surface area contributed by atoms with Crippen molar-refractivity contribution in [3.05, 3.63) is 28.8 Å². The molecule has 1 N–H and O–H groups in total. The Hall–Kier alpha value is -1.26. The number of benzene rings is 1. The van der Waals surface area contributed by atoms with Gasteiger partial charge in [0.05, 0.1) is 12.1 Å². The second kappa shape index (κ2) is 4.78. The number of carbonyl (C=O) groups excluding carboxylic acids is 1. The lowest BCUT2D eigenvalue weighted by Crippen LogP contribution is -2.46. The van der Waals surface area contributed by atoms with Gasteiger partial charge < -0.3 is 10.1 Å². The van der Waals surface area contributed by atoms with Gasteiger partial charge in [-0.05, 0) is 38.5 Å². The zero-order chi connectivity index (χ0) is 13.3. The van der Waals surface area contributed by atoms with Crippen LogP contribution in [0.2, 0.25) is 5.02 Å². The van der Waals surface area contributed by atoms with Crippen molar-refractivity contribution in [3.8, 4) is 0 Å². The maximum atomic E-state index is 12.1. The van der Waals surface area contributed by atoms with E-state index in [0.717, 1.165) is 5.56 Å². The van der Waals surface area contributed by atoms with Gasteiger partial charge in [-0.25, -0.2) is 4.79 Å². The largest absolute Gasteiger partial charge is 0.359 e. The van der Waals surface area contributed by atoms with Gasteiger partial charge in [0.1, 0.15) is 6.73 Å². The van der Waals surface area contributed by atoms with Gasteiger partial charge in [0.15, 0.2) is 0 Å². The molecule has 18 heavy (non-hydrogen) atoms. The molecule has 5 heteroatoms. The van der Waals surface area contributed by atoms with E-state index in [-0.39, 0.29) is 11.6 Å². The molecule has 0 atom stereocenters. The summed E-state index contributed by atoms with van der Waals surface area (Å²) in [6, 6.07) is 5.29. The monoisotopic (exact) mass is 268 g/mol. The van der Waals surface area contributed by atoms with Gasteiger partial charge in [-0.1, -0.05) is 17.7 Å². The molecular weight excluding hydrogens is 252 g/mol. The molecule has 0 saturated carbocycles. The van der Waals surface area contributed by atoms with Crippen LogP contribution in [-0.4, -0.2) is 29.8 Å². The molecule has 1 fully saturated rings. The van der Waals surface area contributed by atoms with Gasteiger partial charge in [0.25, 0.3) is 0 Å². The molecule has 2 rings (SSSR count). The SMILES string of the molecule is Cc1ccc(NC(=O)N2COCC2(C)C)cc1Cl. The van der Waals surface area contributed by atoms with Crippen molar-refractivity contribution in [1.29, 1.82) is 0 Å². The Kier molecular flexibility index (Phi) is 3.50.